The van der Waals surface area contributed by atoms with Gasteiger partial charge in [0.15, 0.2) is 0 Å². The Balaban J connectivity index is 0.00000182. The average molecular weight is 397 g/mol. The highest BCUT2D eigenvalue weighted by atomic mass is 35.5. The van der Waals surface area contributed by atoms with Crippen molar-refractivity contribution < 1.29 is 0 Å². The molecular formula is C21H24Cl3N. The zero-order chi connectivity index (χ0) is 16.7. The number of rotatable bonds is 4. The summed E-state index contributed by atoms with van der Waals surface area (Å²) in [5.74, 6) is 1.41. The van der Waals surface area contributed by atoms with Crippen molar-refractivity contribution in [2.24, 2.45) is 5.92 Å². The van der Waals surface area contributed by atoms with Gasteiger partial charge in [-0.25, -0.2) is 0 Å². The molecule has 2 aromatic rings. The number of likely N-dealkylation sites (tertiary alicyclic amines) is 1. The molecule has 0 spiro atoms. The van der Waals surface area contributed by atoms with Crippen molar-refractivity contribution in [1.82, 2.24) is 4.90 Å². The molecule has 4 heteroatoms. The van der Waals surface area contributed by atoms with Gasteiger partial charge in [0.05, 0.1) is 10.0 Å². The molecule has 3 atom stereocenters. The van der Waals surface area contributed by atoms with Gasteiger partial charge in [-0.15, -0.1) is 12.4 Å². The van der Waals surface area contributed by atoms with Crippen LogP contribution in [-0.4, -0.2) is 17.0 Å². The van der Waals surface area contributed by atoms with E-state index in [-0.39, 0.29) is 12.4 Å². The van der Waals surface area contributed by atoms with E-state index < -0.39 is 0 Å². The molecule has 1 heterocycles. The molecular weight excluding hydrogens is 373 g/mol. The van der Waals surface area contributed by atoms with Crippen molar-refractivity contribution >= 4 is 35.6 Å². The van der Waals surface area contributed by atoms with Gasteiger partial charge in [-0.2, -0.15) is 0 Å². The SMILES string of the molecule is CC1C(c2ccc(Cl)c(Cl)c2)CC(C2CC2)N1Cc1ccccc1.Cl. The molecule has 25 heavy (non-hydrogen) atoms. The maximum Gasteiger partial charge on any atom is 0.0595 e. The number of nitrogens with zero attached hydrogens (tertiary/aromatic N) is 1. The summed E-state index contributed by atoms with van der Waals surface area (Å²) in [5, 5.41) is 1.32. The van der Waals surface area contributed by atoms with E-state index in [4.69, 9.17) is 23.2 Å². The van der Waals surface area contributed by atoms with Crippen LogP contribution >= 0.6 is 35.6 Å². The van der Waals surface area contributed by atoms with Crippen molar-refractivity contribution in [2.45, 2.75) is 50.7 Å². The Bertz CT molecular complexity index is 714. The molecule has 1 saturated carbocycles. The van der Waals surface area contributed by atoms with Crippen LogP contribution in [0.2, 0.25) is 10.0 Å². The lowest BCUT2D eigenvalue weighted by Gasteiger charge is -2.29. The normalized spacial score (nSPS) is 26.4. The van der Waals surface area contributed by atoms with Crippen LogP contribution in [0.4, 0.5) is 0 Å². The van der Waals surface area contributed by atoms with Gasteiger partial charge in [0, 0.05) is 24.5 Å². The lowest BCUT2D eigenvalue weighted by molar-refractivity contribution is 0.174. The van der Waals surface area contributed by atoms with Gasteiger partial charge in [-0.05, 0) is 55.4 Å². The van der Waals surface area contributed by atoms with Crippen LogP contribution in [0.1, 0.15) is 43.2 Å². The lowest BCUT2D eigenvalue weighted by Crippen LogP contribution is -2.36. The smallest absolute Gasteiger partial charge is 0.0595 e. The van der Waals surface area contributed by atoms with E-state index in [1.165, 1.54) is 30.4 Å². The minimum Gasteiger partial charge on any atom is -0.293 e. The summed E-state index contributed by atoms with van der Waals surface area (Å²) in [6, 6.07) is 18.2. The average Bonchev–Trinajstić information content (AvgIpc) is 3.38. The molecule has 0 bridgehead atoms. The summed E-state index contributed by atoms with van der Waals surface area (Å²) >= 11 is 12.4. The van der Waals surface area contributed by atoms with Crippen molar-refractivity contribution in [3.8, 4) is 0 Å². The Kier molecular flexibility index (Phi) is 6.00. The second kappa shape index (κ2) is 7.88. The third-order valence-electron chi connectivity index (χ3n) is 5.77. The molecule has 3 unspecified atom stereocenters. The van der Waals surface area contributed by atoms with Crippen molar-refractivity contribution in [3.63, 3.8) is 0 Å². The van der Waals surface area contributed by atoms with Crippen LogP contribution < -0.4 is 0 Å². The van der Waals surface area contributed by atoms with Crippen LogP contribution in [0.15, 0.2) is 48.5 Å². The van der Waals surface area contributed by atoms with E-state index in [1.54, 1.807) is 0 Å². The third kappa shape index (κ3) is 4.01. The zero-order valence-electron chi connectivity index (χ0n) is 14.4. The Morgan fingerprint density at radius 1 is 1.00 bits per heavy atom. The first-order chi connectivity index (χ1) is 11.6. The Labute approximate surface area is 166 Å². The highest BCUT2D eigenvalue weighted by Gasteiger charge is 2.45. The molecule has 0 N–H and O–H groups in total. The molecule has 1 nitrogen and oxygen atoms in total. The van der Waals surface area contributed by atoms with Gasteiger partial charge in [0.2, 0.25) is 0 Å². The van der Waals surface area contributed by atoms with Gasteiger partial charge < -0.3 is 0 Å². The second-order valence-electron chi connectivity index (χ2n) is 7.32. The van der Waals surface area contributed by atoms with E-state index in [0.29, 0.717) is 28.0 Å². The van der Waals surface area contributed by atoms with E-state index in [2.05, 4.69) is 54.3 Å². The third-order valence-corrected chi connectivity index (χ3v) is 6.51. The first kappa shape index (κ1) is 19.0. The van der Waals surface area contributed by atoms with Crippen LogP contribution in [-0.2, 0) is 6.54 Å². The van der Waals surface area contributed by atoms with E-state index in [1.807, 2.05) is 6.07 Å². The topological polar surface area (TPSA) is 3.24 Å². The van der Waals surface area contributed by atoms with Crippen molar-refractivity contribution in [3.05, 3.63) is 69.7 Å². The lowest BCUT2D eigenvalue weighted by atomic mass is 9.91. The van der Waals surface area contributed by atoms with Gasteiger partial charge >= 0.3 is 0 Å². The molecule has 0 aromatic heterocycles. The minimum absolute atomic E-state index is 0. The number of hydrogen-bond acceptors (Lipinski definition) is 1. The fourth-order valence-corrected chi connectivity index (χ4v) is 4.59. The summed E-state index contributed by atoms with van der Waals surface area (Å²) in [4.78, 5) is 2.72. The largest absolute Gasteiger partial charge is 0.293 e. The summed E-state index contributed by atoms with van der Waals surface area (Å²) in [6.45, 7) is 3.42. The summed E-state index contributed by atoms with van der Waals surface area (Å²) in [6.07, 6.45) is 4.00. The van der Waals surface area contributed by atoms with Crippen LogP contribution in [0.3, 0.4) is 0 Å². The molecule has 134 valence electrons. The first-order valence-corrected chi connectivity index (χ1v) is 9.63. The quantitative estimate of drug-likeness (QED) is 0.564. The van der Waals surface area contributed by atoms with Gasteiger partial charge in [-0.1, -0.05) is 59.6 Å². The number of benzene rings is 2. The minimum atomic E-state index is 0. The standard InChI is InChI=1S/C21H23Cl2N.ClH/c1-14-18(17-9-10-19(22)20(23)11-17)12-21(16-7-8-16)24(14)13-15-5-3-2-4-6-15;/h2-6,9-11,14,16,18,21H,7-8,12-13H2,1H3;1H. The van der Waals surface area contributed by atoms with Crippen molar-refractivity contribution in [1.29, 1.82) is 0 Å². The number of halogens is 3. The molecule has 0 amide bonds. The van der Waals surface area contributed by atoms with Crippen LogP contribution in [0, 0.1) is 5.92 Å². The number of hydrogen-bond donors (Lipinski definition) is 0. The maximum absolute atomic E-state index is 6.27. The molecule has 1 saturated heterocycles. The summed E-state index contributed by atoms with van der Waals surface area (Å²) < 4.78 is 0. The van der Waals surface area contributed by atoms with E-state index in [9.17, 15) is 0 Å². The molecule has 1 aliphatic carbocycles. The maximum atomic E-state index is 6.27. The van der Waals surface area contributed by atoms with E-state index in [0.717, 1.165) is 12.5 Å². The Morgan fingerprint density at radius 3 is 2.36 bits per heavy atom. The second-order valence-corrected chi connectivity index (χ2v) is 8.13. The predicted octanol–water partition coefficient (Wildman–Crippen LogP) is 6.57. The molecule has 0 radical (unpaired) electrons. The predicted molar refractivity (Wildman–Crippen MR) is 109 cm³/mol. The van der Waals surface area contributed by atoms with Crippen LogP contribution in [0.5, 0.6) is 0 Å². The zero-order valence-corrected chi connectivity index (χ0v) is 16.7. The first-order valence-electron chi connectivity index (χ1n) is 8.88. The Hall–Kier alpha value is -0.730. The Morgan fingerprint density at radius 2 is 1.72 bits per heavy atom. The monoisotopic (exact) mass is 395 g/mol. The van der Waals surface area contributed by atoms with E-state index >= 15 is 0 Å². The summed E-state index contributed by atoms with van der Waals surface area (Å²) in [5.41, 5.74) is 2.74. The summed E-state index contributed by atoms with van der Waals surface area (Å²) in [7, 11) is 0. The van der Waals surface area contributed by atoms with Gasteiger partial charge in [-0.3, -0.25) is 4.90 Å². The van der Waals surface area contributed by atoms with Crippen LogP contribution in [0.25, 0.3) is 0 Å². The highest BCUT2D eigenvalue weighted by Crippen LogP contribution is 2.48. The van der Waals surface area contributed by atoms with Gasteiger partial charge in [0.25, 0.3) is 0 Å². The molecule has 4 rings (SSSR count). The fourth-order valence-electron chi connectivity index (χ4n) is 4.28. The molecule has 2 aliphatic rings. The fraction of sp³-hybridized carbons (Fsp3) is 0.429. The van der Waals surface area contributed by atoms with Crippen molar-refractivity contribution in [2.75, 3.05) is 0 Å². The highest BCUT2D eigenvalue weighted by molar-refractivity contribution is 6.42. The van der Waals surface area contributed by atoms with Gasteiger partial charge in [0.1, 0.15) is 0 Å². The molecule has 2 fully saturated rings. The molecule has 2 aromatic carbocycles. The molecule has 1 aliphatic heterocycles.